The maximum Gasteiger partial charge on any atom is 0.476 e. The van der Waals surface area contributed by atoms with Crippen molar-refractivity contribution in [2.45, 2.75) is 29.9 Å². The maximum absolute atomic E-state index is 13.4. The highest BCUT2D eigenvalue weighted by molar-refractivity contribution is 7.86. The van der Waals surface area contributed by atoms with Crippen LogP contribution in [0, 0.1) is 11.3 Å². The summed E-state index contributed by atoms with van der Waals surface area (Å²) < 4.78 is 102. The molecule has 1 aromatic carbocycles. The molecule has 1 atom stereocenters. The first-order valence-corrected chi connectivity index (χ1v) is 11.5. The van der Waals surface area contributed by atoms with Gasteiger partial charge >= 0.3 is 23.7 Å². The van der Waals surface area contributed by atoms with Gasteiger partial charge in [-0.25, -0.2) is 13.7 Å². The van der Waals surface area contributed by atoms with Crippen LogP contribution in [0.15, 0.2) is 17.0 Å². The minimum absolute atomic E-state index is 0.000231. The molecule has 0 aliphatic heterocycles. The van der Waals surface area contributed by atoms with Crippen LogP contribution in [0.5, 0.6) is 0 Å². The molecule has 0 fully saturated rings. The topological polar surface area (TPSA) is 115 Å². The molecule has 18 heteroatoms. The van der Waals surface area contributed by atoms with Crippen molar-refractivity contribution >= 4 is 51.9 Å². The molecule has 0 saturated carbocycles. The number of benzene rings is 1. The van der Waals surface area contributed by atoms with E-state index in [2.05, 4.69) is 9.84 Å². The lowest BCUT2D eigenvalue weighted by molar-refractivity contribution is -0.141. The van der Waals surface area contributed by atoms with Gasteiger partial charge in [-0.2, -0.15) is 36.7 Å². The second-order valence-electron chi connectivity index (χ2n) is 6.89. The van der Waals surface area contributed by atoms with Crippen LogP contribution in [-0.2, 0) is 31.2 Å². The number of halogens is 8. The molecule has 202 valence electrons. The largest absolute Gasteiger partial charge is 0.476 e. The van der Waals surface area contributed by atoms with Gasteiger partial charge < -0.3 is 9.47 Å². The smallest absolute Gasteiger partial charge is 0.466 e. The Morgan fingerprint density at radius 1 is 1.14 bits per heavy atom. The van der Waals surface area contributed by atoms with Crippen LogP contribution in [0.25, 0.3) is 5.69 Å². The number of anilines is 1. The van der Waals surface area contributed by atoms with E-state index >= 15 is 0 Å². The lowest BCUT2D eigenvalue weighted by atomic mass is 10.2. The molecule has 0 radical (unpaired) electrons. The van der Waals surface area contributed by atoms with E-state index in [1.54, 1.807) is 0 Å². The van der Waals surface area contributed by atoms with Gasteiger partial charge in [-0.05, 0) is 12.1 Å². The summed E-state index contributed by atoms with van der Waals surface area (Å²) in [5.41, 5.74) is -8.45. The van der Waals surface area contributed by atoms with E-state index in [-0.39, 0.29) is 19.6 Å². The summed E-state index contributed by atoms with van der Waals surface area (Å²) >= 11 is 11.9. The van der Waals surface area contributed by atoms with Crippen molar-refractivity contribution in [3.05, 3.63) is 33.4 Å². The Hall–Kier alpha value is -3.03. The molecule has 0 spiro atoms. The number of carbonyl (C=O) groups is 2. The molecule has 0 N–H and O–H groups in total. The summed E-state index contributed by atoms with van der Waals surface area (Å²) in [4.78, 5) is 22.5. The second kappa shape index (κ2) is 11.6. The number of carbonyl (C=O) groups excluding carboxylic acids is 2. The van der Waals surface area contributed by atoms with Crippen molar-refractivity contribution in [2.75, 3.05) is 25.2 Å². The van der Waals surface area contributed by atoms with Crippen molar-refractivity contribution < 1.29 is 49.6 Å². The van der Waals surface area contributed by atoms with Gasteiger partial charge in [0.05, 0.1) is 28.8 Å². The molecule has 1 aromatic heterocycles. The van der Waals surface area contributed by atoms with Crippen LogP contribution in [0.2, 0.25) is 10.0 Å². The van der Waals surface area contributed by atoms with Gasteiger partial charge in [-0.15, -0.1) is 0 Å². The molecule has 9 nitrogen and oxygen atoms in total. The zero-order valence-corrected chi connectivity index (χ0v) is 20.9. The molecule has 0 bridgehead atoms. The van der Waals surface area contributed by atoms with Gasteiger partial charge in [0.1, 0.15) is 16.7 Å². The number of ether oxygens (including phenoxy) is 2. The third-order valence-corrected chi connectivity index (χ3v) is 6.03. The summed E-state index contributed by atoms with van der Waals surface area (Å²) in [5.74, 6) is -1.57. The molecule has 0 aliphatic rings. The highest BCUT2D eigenvalue weighted by Crippen LogP contribution is 2.42. The fourth-order valence-electron chi connectivity index (χ4n) is 2.75. The third kappa shape index (κ3) is 7.05. The normalized spacial score (nSPS) is 12.6. The van der Waals surface area contributed by atoms with Crippen molar-refractivity contribution in [1.82, 2.24) is 9.78 Å². The first kappa shape index (κ1) is 30.2. The second-order valence-corrected chi connectivity index (χ2v) is 9.12. The van der Waals surface area contributed by atoms with Crippen LogP contribution in [0.4, 0.5) is 37.0 Å². The lowest BCUT2D eigenvalue weighted by Crippen LogP contribution is -2.31. The highest BCUT2D eigenvalue weighted by Gasteiger charge is 2.44. The zero-order chi connectivity index (χ0) is 28.3. The minimum atomic E-state index is -5.43. The van der Waals surface area contributed by atoms with Gasteiger partial charge in [0.15, 0.2) is 22.3 Å². The number of aromatic nitrogens is 2. The summed E-state index contributed by atoms with van der Waals surface area (Å²) in [7, 11) is -3.07. The van der Waals surface area contributed by atoms with Crippen LogP contribution in [0.3, 0.4) is 0 Å². The molecule has 2 rings (SSSR count). The summed E-state index contributed by atoms with van der Waals surface area (Å²) in [6, 6.07) is 2.09. The van der Waals surface area contributed by atoms with E-state index in [0.29, 0.717) is 21.7 Å². The highest BCUT2D eigenvalue weighted by atomic mass is 35.5. The van der Waals surface area contributed by atoms with Gasteiger partial charge in [-0.1, -0.05) is 23.2 Å². The van der Waals surface area contributed by atoms with Crippen molar-refractivity contribution in [2.24, 2.45) is 0 Å². The maximum atomic E-state index is 13.4. The van der Waals surface area contributed by atoms with Crippen LogP contribution >= 0.6 is 23.2 Å². The number of nitriles is 1. The van der Waals surface area contributed by atoms with E-state index in [1.807, 2.05) is 0 Å². The average Bonchev–Trinajstić information content (AvgIpc) is 3.14. The first-order chi connectivity index (χ1) is 17.0. The van der Waals surface area contributed by atoms with Crippen molar-refractivity contribution in [1.29, 1.82) is 5.26 Å². The van der Waals surface area contributed by atoms with Crippen LogP contribution in [-0.4, -0.2) is 51.8 Å². The molecule has 0 saturated heterocycles. The Balaban J connectivity index is 2.67. The average molecular weight is 595 g/mol. The van der Waals surface area contributed by atoms with E-state index in [4.69, 9.17) is 27.9 Å². The third-order valence-electron chi connectivity index (χ3n) is 4.29. The number of nitrogens with zero attached hydrogens (tertiary/aromatic N) is 4. The number of alkyl halides is 6. The Labute approximate surface area is 216 Å². The zero-order valence-electron chi connectivity index (χ0n) is 18.5. The Morgan fingerprint density at radius 3 is 2.14 bits per heavy atom. The molecule has 1 heterocycles. The predicted molar refractivity (Wildman–Crippen MR) is 117 cm³/mol. The van der Waals surface area contributed by atoms with Crippen molar-refractivity contribution in [3.63, 3.8) is 0 Å². The molecular formula is C19H14Cl2F6N4O5S. The summed E-state index contributed by atoms with van der Waals surface area (Å²) in [6.45, 7) is 0.603. The first-order valence-electron chi connectivity index (χ1n) is 9.62. The molecule has 1 unspecified atom stereocenters. The van der Waals surface area contributed by atoms with Gasteiger partial charge in [-0.3, -0.25) is 9.69 Å². The number of esters is 1. The Bertz CT molecular complexity index is 1250. The van der Waals surface area contributed by atoms with Gasteiger partial charge in [0.2, 0.25) is 0 Å². The van der Waals surface area contributed by atoms with Gasteiger partial charge in [0.25, 0.3) is 0 Å². The molecule has 2 aromatic rings. The quantitative estimate of drug-likeness (QED) is 0.245. The minimum Gasteiger partial charge on any atom is -0.466 e. The Morgan fingerprint density at radius 2 is 1.68 bits per heavy atom. The molecular weight excluding hydrogens is 581 g/mol. The molecule has 1 amide bonds. The van der Waals surface area contributed by atoms with E-state index < -0.39 is 72.3 Å². The number of rotatable bonds is 7. The fourth-order valence-corrected chi connectivity index (χ4v) is 4.28. The van der Waals surface area contributed by atoms with Gasteiger partial charge in [0, 0.05) is 20.4 Å². The van der Waals surface area contributed by atoms with Crippen LogP contribution < -0.4 is 4.90 Å². The lowest BCUT2D eigenvalue weighted by Gasteiger charge is -2.21. The van der Waals surface area contributed by atoms with Crippen LogP contribution in [0.1, 0.15) is 24.6 Å². The van der Waals surface area contributed by atoms with Crippen molar-refractivity contribution in [3.8, 4) is 11.8 Å². The number of hydrogen-bond acceptors (Lipinski definition) is 7. The summed E-state index contributed by atoms with van der Waals surface area (Å²) in [5, 5.41) is 11.4. The fraction of sp³-hybridized carbons (Fsp3) is 0.368. The SMILES string of the molecule is CC(=O)OCCCOC(=O)N(C)c1c(S(=O)C(F)(F)F)c(C#N)nn1-c1c(Cl)cc(C(F)(F)F)cc1Cl. The predicted octanol–water partition coefficient (Wildman–Crippen LogP) is 5.22. The molecule has 0 aliphatic carbocycles. The summed E-state index contributed by atoms with van der Waals surface area (Å²) in [6.07, 6.45) is -6.24. The van der Waals surface area contributed by atoms with E-state index in [0.717, 1.165) is 14.0 Å². The standard InChI is InChI=1S/C19H14Cl2F6N4O5S/c1-9(32)35-4-3-5-36-17(33)30(2)16-15(37(34)19(25,26)27)13(8-28)29-31(16)14-11(20)6-10(7-12(14)21)18(22,23)24/h6-7H,3-5H2,1-2H3. The monoisotopic (exact) mass is 594 g/mol. The molecule has 37 heavy (non-hydrogen) atoms. The number of hydrogen-bond donors (Lipinski definition) is 0. The Kier molecular flexibility index (Phi) is 9.44. The van der Waals surface area contributed by atoms with E-state index in [9.17, 15) is 45.4 Å². The van der Waals surface area contributed by atoms with E-state index in [1.165, 1.54) is 6.07 Å². The number of amides is 1.